The summed E-state index contributed by atoms with van der Waals surface area (Å²) in [7, 11) is 0. The van der Waals surface area contributed by atoms with Gasteiger partial charge in [-0.15, -0.1) is 0 Å². The first kappa shape index (κ1) is 28.5. The number of hydrogen-bond donors (Lipinski definition) is 3. The number of nitrogens with one attached hydrogen (secondary N) is 1. The lowest BCUT2D eigenvalue weighted by Crippen LogP contribution is -2.60. The van der Waals surface area contributed by atoms with Crippen molar-refractivity contribution in [3.05, 3.63) is 39.5 Å². The Hall–Kier alpha value is -1.65. The fraction of sp³-hybridized carbons (Fsp3) is 0.688. The Morgan fingerprint density at radius 3 is 2.33 bits per heavy atom. The molecule has 6 aliphatic carbocycles. The minimum Gasteiger partial charge on any atom is -0.482 e. The van der Waals surface area contributed by atoms with Gasteiger partial charge in [-0.05, 0) is 115 Å². The number of amides is 2. The van der Waals surface area contributed by atoms with Gasteiger partial charge in [-0.1, -0.05) is 25.0 Å². The molecular formula is C32H43IN2O5. The average molecular weight is 663 g/mol. The first-order chi connectivity index (χ1) is 19.3. The molecule has 6 aliphatic rings. The van der Waals surface area contributed by atoms with E-state index in [-0.39, 0.29) is 42.7 Å². The van der Waals surface area contributed by atoms with Crippen molar-refractivity contribution in [1.29, 1.82) is 0 Å². The molecular weight excluding hydrogens is 619 g/mol. The summed E-state index contributed by atoms with van der Waals surface area (Å²) in [6, 6.07) is 7.11. The zero-order valence-electron chi connectivity index (χ0n) is 23.3. The molecule has 5 fully saturated rings. The maximum atomic E-state index is 14.3. The van der Waals surface area contributed by atoms with Crippen molar-refractivity contribution >= 4 is 34.4 Å². The highest BCUT2D eigenvalue weighted by Crippen LogP contribution is 2.60. The molecule has 4 bridgehead atoms. The standard InChI is InChI=1S/C32H43IN2O5/c33-25-7-3-4-8-27(25)40-28-15-24(30(38)34-9-10-36)14-26(29(28)37)35(31(39)23-5-1-2-6-23)19-32-16-20-11-21(17-32)13-22(12-20)18-32/h3-4,7-8,15,20-23,26,28-29,36-37H,1-2,5-6,9-14,16-19H2,(H,34,38). The molecule has 1 aromatic carbocycles. The van der Waals surface area contributed by atoms with E-state index >= 15 is 0 Å². The van der Waals surface area contributed by atoms with Crippen molar-refractivity contribution in [1.82, 2.24) is 10.2 Å². The number of aliphatic hydroxyl groups excluding tert-OH is 2. The number of carbonyl (C=O) groups is 2. The van der Waals surface area contributed by atoms with Gasteiger partial charge >= 0.3 is 0 Å². The van der Waals surface area contributed by atoms with Crippen LogP contribution >= 0.6 is 22.6 Å². The quantitative estimate of drug-likeness (QED) is 0.340. The third kappa shape index (κ3) is 5.82. The lowest BCUT2D eigenvalue weighted by atomic mass is 9.49. The second kappa shape index (κ2) is 11.9. The zero-order valence-corrected chi connectivity index (χ0v) is 25.4. The van der Waals surface area contributed by atoms with E-state index in [2.05, 4.69) is 27.9 Å². The molecule has 3 N–H and O–H groups in total. The summed E-state index contributed by atoms with van der Waals surface area (Å²) in [5.41, 5.74) is 0.628. The lowest BCUT2D eigenvalue weighted by molar-refractivity contribution is -0.151. The van der Waals surface area contributed by atoms with Gasteiger partial charge in [-0.25, -0.2) is 0 Å². The third-order valence-corrected chi connectivity index (χ3v) is 11.3. The highest BCUT2D eigenvalue weighted by molar-refractivity contribution is 14.1. The van der Waals surface area contributed by atoms with E-state index < -0.39 is 18.2 Å². The Labute approximate surface area is 251 Å². The van der Waals surface area contributed by atoms with Crippen LogP contribution in [-0.2, 0) is 9.59 Å². The number of hydrogen-bond acceptors (Lipinski definition) is 5. The Kier molecular flexibility index (Phi) is 8.48. The van der Waals surface area contributed by atoms with Crippen LogP contribution < -0.4 is 10.1 Å². The Balaban J connectivity index is 1.33. The van der Waals surface area contributed by atoms with Gasteiger partial charge in [0.15, 0.2) is 0 Å². The van der Waals surface area contributed by atoms with Crippen LogP contribution in [0.25, 0.3) is 0 Å². The molecule has 0 spiro atoms. The minimum atomic E-state index is -0.954. The van der Waals surface area contributed by atoms with Crippen LogP contribution in [-0.4, -0.2) is 64.9 Å². The summed E-state index contributed by atoms with van der Waals surface area (Å²) in [6.07, 6.45) is 11.8. The van der Waals surface area contributed by atoms with E-state index in [4.69, 9.17) is 4.74 Å². The first-order valence-electron chi connectivity index (χ1n) is 15.3. The Bertz CT molecular complexity index is 1100. The van der Waals surface area contributed by atoms with Crippen LogP contribution in [0.15, 0.2) is 35.9 Å². The predicted molar refractivity (Wildman–Crippen MR) is 160 cm³/mol. The van der Waals surface area contributed by atoms with Crippen molar-refractivity contribution in [3.8, 4) is 5.75 Å². The Morgan fingerprint density at radius 2 is 1.70 bits per heavy atom. The summed E-state index contributed by atoms with van der Waals surface area (Å²) in [5, 5.41) is 24.0. The molecule has 0 radical (unpaired) electrons. The molecule has 0 saturated heterocycles. The minimum absolute atomic E-state index is 0.00637. The van der Waals surface area contributed by atoms with Crippen LogP contribution in [0.5, 0.6) is 5.75 Å². The summed E-state index contributed by atoms with van der Waals surface area (Å²) in [5.74, 6) is 2.82. The van der Waals surface area contributed by atoms with E-state index in [0.29, 0.717) is 17.9 Å². The van der Waals surface area contributed by atoms with Crippen LogP contribution in [0.3, 0.4) is 0 Å². The molecule has 0 aliphatic heterocycles. The smallest absolute Gasteiger partial charge is 0.247 e. The zero-order chi connectivity index (χ0) is 27.9. The molecule has 0 heterocycles. The highest BCUT2D eigenvalue weighted by Gasteiger charge is 2.53. The normalized spacial score (nSPS) is 34.9. The van der Waals surface area contributed by atoms with Gasteiger partial charge in [-0.2, -0.15) is 0 Å². The number of aliphatic hydroxyl groups is 2. The number of rotatable bonds is 9. The van der Waals surface area contributed by atoms with Gasteiger partial charge in [0.1, 0.15) is 18.0 Å². The van der Waals surface area contributed by atoms with Crippen molar-refractivity contribution in [2.75, 3.05) is 19.7 Å². The van der Waals surface area contributed by atoms with E-state index in [9.17, 15) is 19.8 Å². The summed E-state index contributed by atoms with van der Waals surface area (Å²) < 4.78 is 7.28. The summed E-state index contributed by atoms with van der Waals surface area (Å²) in [4.78, 5) is 29.5. The van der Waals surface area contributed by atoms with Crippen LogP contribution in [0.2, 0.25) is 0 Å². The predicted octanol–water partition coefficient (Wildman–Crippen LogP) is 4.44. The van der Waals surface area contributed by atoms with Crippen molar-refractivity contribution in [2.24, 2.45) is 29.1 Å². The average Bonchev–Trinajstić information content (AvgIpc) is 3.47. The highest BCUT2D eigenvalue weighted by atomic mass is 127. The molecule has 1 aromatic rings. The van der Waals surface area contributed by atoms with Gasteiger partial charge in [0.2, 0.25) is 11.8 Å². The number of halogens is 1. The number of nitrogens with zero attached hydrogens (tertiary/aromatic N) is 1. The van der Waals surface area contributed by atoms with Crippen LogP contribution in [0.4, 0.5) is 0 Å². The largest absolute Gasteiger partial charge is 0.482 e. The molecule has 0 aromatic heterocycles. The summed E-state index contributed by atoms with van der Waals surface area (Å²) in [6.45, 7) is 0.684. The van der Waals surface area contributed by atoms with E-state index in [1.807, 2.05) is 29.2 Å². The van der Waals surface area contributed by atoms with Gasteiger partial charge < -0.3 is 25.2 Å². The topological polar surface area (TPSA) is 99.1 Å². The number of carbonyl (C=O) groups excluding carboxylic acids is 2. The SMILES string of the molecule is O=C(NCCO)C1=CC(Oc2ccccc2I)C(O)C(N(CC23CC4CC(CC(C4)C2)C3)C(=O)C2CCCC2)C1. The van der Waals surface area contributed by atoms with Gasteiger partial charge in [0.25, 0.3) is 0 Å². The Morgan fingerprint density at radius 1 is 1.05 bits per heavy atom. The monoisotopic (exact) mass is 662 g/mol. The maximum absolute atomic E-state index is 14.3. The van der Waals surface area contributed by atoms with Crippen molar-refractivity contribution in [3.63, 3.8) is 0 Å². The maximum Gasteiger partial charge on any atom is 0.247 e. The molecule has 8 heteroatoms. The molecule has 5 saturated carbocycles. The third-order valence-electron chi connectivity index (χ3n) is 10.4. The molecule has 3 unspecified atom stereocenters. The molecule has 7 rings (SSSR count). The van der Waals surface area contributed by atoms with Gasteiger partial charge in [0.05, 0.1) is 16.2 Å². The molecule has 40 heavy (non-hydrogen) atoms. The van der Waals surface area contributed by atoms with Crippen molar-refractivity contribution < 1.29 is 24.5 Å². The van der Waals surface area contributed by atoms with E-state index in [1.165, 1.54) is 38.5 Å². The first-order valence-corrected chi connectivity index (χ1v) is 16.4. The van der Waals surface area contributed by atoms with Gasteiger partial charge in [-0.3, -0.25) is 9.59 Å². The fourth-order valence-electron chi connectivity index (χ4n) is 9.08. The molecule has 3 atom stereocenters. The van der Waals surface area contributed by atoms with Crippen molar-refractivity contribution in [2.45, 2.75) is 88.9 Å². The fourth-order valence-corrected chi connectivity index (χ4v) is 9.59. The molecule has 218 valence electrons. The lowest BCUT2D eigenvalue weighted by Gasteiger charge is -2.58. The molecule has 7 nitrogen and oxygen atoms in total. The van der Waals surface area contributed by atoms with Gasteiger partial charge in [0, 0.05) is 31.0 Å². The van der Waals surface area contributed by atoms with E-state index in [0.717, 1.165) is 47.0 Å². The van der Waals surface area contributed by atoms with E-state index in [1.54, 1.807) is 6.08 Å². The number of ether oxygens (including phenoxy) is 1. The number of benzene rings is 1. The molecule has 2 amide bonds. The summed E-state index contributed by atoms with van der Waals surface area (Å²) >= 11 is 2.21. The second-order valence-electron chi connectivity index (χ2n) is 13.3. The second-order valence-corrected chi connectivity index (χ2v) is 14.5. The van der Waals surface area contributed by atoms with Crippen LogP contribution in [0, 0.1) is 32.7 Å². The number of para-hydroxylation sites is 1. The van der Waals surface area contributed by atoms with Crippen LogP contribution in [0.1, 0.15) is 70.6 Å².